The van der Waals surface area contributed by atoms with Gasteiger partial charge in [0.1, 0.15) is 17.3 Å². The summed E-state index contributed by atoms with van der Waals surface area (Å²) in [6.07, 6.45) is 0. The molecule has 0 aliphatic rings. The second-order valence-electron chi connectivity index (χ2n) is 6.52. The molecule has 4 N–H and O–H groups in total. The number of carbonyl (C=O) groups is 1. The molecule has 1 amide bonds. The third kappa shape index (κ3) is 4.41. The Morgan fingerprint density at radius 2 is 1.77 bits per heavy atom. The molecule has 0 aromatic heterocycles. The number of methoxy groups -OCH3 is 2. The van der Waals surface area contributed by atoms with Crippen LogP contribution >= 0.6 is 0 Å². The maximum absolute atomic E-state index is 13.6. The van der Waals surface area contributed by atoms with E-state index in [1.165, 1.54) is 32.4 Å². The van der Waals surface area contributed by atoms with Crippen LogP contribution in [0.5, 0.6) is 11.5 Å². The Morgan fingerprint density at radius 3 is 2.47 bits per heavy atom. The number of amides is 1. The highest BCUT2D eigenvalue weighted by Crippen LogP contribution is 2.31. The molecule has 3 rings (SSSR count). The molecule has 6 nitrogen and oxygen atoms in total. The first-order valence-corrected chi connectivity index (χ1v) is 9.17. The number of hydrogen-bond donors (Lipinski definition) is 3. The zero-order valence-corrected chi connectivity index (χ0v) is 16.7. The summed E-state index contributed by atoms with van der Waals surface area (Å²) in [7, 11) is 3.00. The second kappa shape index (κ2) is 9.09. The van der Waals surface area contributed by atoms with Gasteiger partial charge < -0.3 is 20.5 Å². The quantitative estimate of drug-likeness (QED) is 0.410. The summed E-state index contributed by atoms with van der Waals surface area (Å²) in [5.41, 5.74) is 8.27. The zero-order valence-electron chi connectivity index (χ0n) is 16.7. The molecule has 3 aromatic carbocycles. The maximum Gasteiger partial charge on any atom is 0.251 e. The topological polar surface area (TPSA) is 97.4 Å². The van der Waals surface area contributed by atoms with Gasteiger partial charge in [-0.25, -0.2) is 4.39 Å². The van der Waals surface area contributed by atoms with E-state index in [9.17, 15) is 9.18 Å². The van der Waals surface area contributed by atoms with Crippen molar-refractivity contribution < 1.29 is 18.7 Å². The van der Waals surface area contributed by atoms with Gasteiger partial charge in [-0.3, -0.25) is 10.2 Å². The summed E-state index contributed by atoms with van der Waals surface area (Å²) >= 11 is 0. The van der Waals surface area contributed by atoms with Crippen molar-refractivity contribution in [3.8, 4) is 11.5 Å². The number of anilines is 1. The molecular formula is C23H22FN3O3. The van der Waals surface area contributed by atoms with E-state index in [1.807, 2.05) is 0 Å². The van der Waals surface area contributed by atoms with E-state index < -0.39 is 5.82 Å². The van der Waals surface area contributed by atoms with Crippen molar-refractivity contribution in [1.82, 2.24) is 5.32 Å². The van der Waals surface area contributed by atoms with E-state index in [0.717, 1.165) is 0 Å². The Kier molecular flexibility index (Phi) is 6.32. The summed E-state index contributed by atoms with van der Waals surface area (Å²) in [5, 5.41) is 11.3. The van der Waals surface area contributed by atoms with Gasteiger partial charge in [-0.05, 0) is 36.4 Å². The molecule has 30 heavy (non-hydrogen) atoms. The maximum atomic E-state index is 13.6. The highest BCUT2D eigenvalue weighted by Gasteiger charge is 2.19. The minimum atomic E-state index is -0.448. The molecule has 0 saturated carbocycles. The average Bonchev–Trinajstić information content (AvgIpc) is 2.77. The molecular weight excluding hydrogens is 385 g/mol. The first-order chi connectivity index (χ1) is 14.4. The molecule has 0 saturated heterocycles. The number of benzene rings is 3. The van der Waals surface area contributed by atoms with Crippen LogP contribution in [0.2, 0.25) is 0 Å². The molecule has 0 heterocycles. The standard InChI is InChI=1S/C23H22FN3O3/c1-29-18-8-4-6-15(12-18)23(28)27-13-16-9-10-19(25)20(22(16)30-2)21(26)14-5-3-7-17(24)11-14/h3-12,26H,13,25H2,1-2H3,(H,27,28). The van der Waals surface area contributed by atoms with E-state index >= 15 is 0 Å². The third-order valence-electron chi connectivity index (χ3n) is 4.61. The molecule has 0 aliphatic carbocycles. The van der Waals surface area contributed by atoms with E-state index in [2.05, 4.69) is 5.32 Å². The fourth-order valence-corrected chi connectivity index (χ4v) is 3.10. The summed E-state index contributed by atoms with van der Waals surface area (Å²) in [6, 6.07) is 15.9. The average molecular weight is 407 g/mol. The first-order valence-electron chi connectivity index (χ1n) is 9.17. The van der Waals surface area contributed by atoms with E-state index in [1.54, 1.807) is 42.5 Å². The Balaban J connectivity index is 1.88. The van der Waals surface area contributed by atoms with Gasteiger partial charge in [0.2, 0.25) is 0 Å². The van der Waals surface area contributed by atoms with Crippen molar-refractivity contribution in [3.05, 3.63) is 88.7 Å². The minimum Gasteiger partial charge on any atom is -0.497 e. The predicted octanol–water partition coefficient (Wildman–Crippen LogP) is 3.77. The molecule has 0 fully saturated rings. The lowest BCUT2D eigenvalue weighted by atomic mass is 9.97. The monoisotopic (exact) mass is 407 g/mol. The van der Waals surface area contributed by atoms with Crippen molar-refractivity contribution in [1.29, 1.82) is 5.41 Å². The summed E-state index contributed by atoms with van der Waals surface area (Å²) < 4.78 is 24.3. The molecule has 0 aliphatic heterocycles. The molecule has 7 heteroatoms. The highest BCUT2D eigenvalue weighted by molar-refractivity contribution is 6.15. The molecule has 3 aromatic rings. The number of nitrogens with one attached hydrogen (secondary N) is 2. The number of rotatable bonds is 7. The van der Waals surface area contributed by atoms with Crippen molar-refractivity contribution in [2.75, 3.05) is 20.0 Å². The van der Waals surface area contributed by atoms with Gasteiger partial charge in [0.15, 0.2) is 0 Å². The molecule has 0 spiro atoms. The van der Waals surface area contributed by atoms with Gasteiger partial charge >= 0.3 is 0 Å². The van der Waals surface area contributed by atoms with Crippen LogP contribution in [0.1, 0.15) is 27.0 Å². The van der Waals surface area contributed by atoms with Crippen LogP contribution in [0.4, 0.5) is 10.1 Å². The third-order valence-corrected chi connectivity index (χ3v) is 4.61. The van der Waals surface area contributed by atoms with Gasteiger partial charge in [-0.15, -0.1) is 0 Å². The van der Waals surface area contributed by atoms with Crippen LogP contribution in [-0.4, -0.2) is 25.8 Å². The predicted molar refractivity (Wildman–Crippen MR) is 114 cm³/mol. The van der Waals surface area contributed by atoms with Gasteiger partial charge in [-0.2, -0.15) is 0 Å². The van der Waals surface area contributed by atoms with Crippen LogP contribution in [-0.2, 0) is 6.54 Å². The van der Waals surface area contributed by atoms with Gasteiger partial charge in [0.25, 0.3) is 5.91 Å². The lowest BCUT2D eigenvalue weighted by Crippen LogP contribution is -2.23. The number of ether oxygens (including phenoxy) is 2. The lowest BCUT2D eigenvalue weighted by Gasteiger charge is -2.17. The SMILES string of the molecule is COc1cccc(C(=O)NCc2ccc(N)c(C(=N)c3cccc(F)c3)c2OC)c1. The molecule has 0 unspecified atom stereocenters. The minimum absolute atomic E-state index is 0.0322. The zero-order chi connectivity index (χ0) is 21.7. The Labute approximate surface area is 173 Å². The first kappa shape index (κ1) is 20.9. The van der Waals surface area contributed by atoms with Gasteiger partial charge in [0, 0.05) is 28.9 Å². The van der Waals surface area contributed by atoms with Crippen LogP contribution in [0, 0.1) is 11.2 Å². The van der Waals surface area contributed by atoms with Crippen LogP contribution in [0.3, 0.4) is 0 Å². The number of hydrogen-bond acceptors (Lipinski definition) is 5. The molecule has 0 radical (unpaired) electrons. The number of nitrogen functional groups attached to an aromatic ring is 1. The normalized spacial score (nSPS) is 10.4. The molecule has 154 valence electrons. The van der Waals surface area contributed by atoms with Gasteiger partial charge in [-0.1, -0.05) is 24.3 Å². The van der Waals surface area contributed by atoms with Crippen LogP contribution in [0.25, 0.3) is 0 Å². The Hall–Kier alpha value is -3.87. The fourth-order valence-electron chi connectivity index (χ4n) is 3.10. The Bertz CT molecular complexity index is 1100. The number of nitrogens with two attached hydrogens (primary N) is 1. The highest BCUT2D eigenvalue weighted by atomic mass is 19.1. The summed E-state index contributed by atoms with van der Waals surface area (Å²) in [5.74, 6) is 0.208. The van der Waals surface area contributed by atoms with Crippen LogP contribution in [0.15, 0.2) is 60.7 Å². The van der Waals surface area contributed by atoms with Crippen molar-refractivity contribution in [2.45, 2.75) is 6.54 Å². The van der Waals surface area contributed by atoms with Crippen LogP contribution < -0.4 is 20.5 Å². The summed E-state index contributed by atoms with van der Waals surface area (Å²) in [4.78, 5) is 12.5. The van der Waals surface area contributed by atoms with Crippen molar-refractivity contribution >= 4 is 17.3 Å². The van der Waals surface area contributed by atoms with Gasteiger partial charge in [0.05, 0.1) is 25.5 Å². The lowest BCUT2D eigenvalue weighted by molar-refractivity contribution is 0.0950. The van der Waals surface area contributed by atoms with E-state index in [-0.39, 0.29) is 18.2 Å². The second-order valence-corrected chi connectivity index (χ2v) is 6.52. The molecule has 0 atom stereocenters. The van der Waals surface area contributed by atoms with E-state index in [0.29, 0.717) is 39.4 Å². The Morgan fingerprint density at radius 1 is 1.03 bits per heavy atom. The summed E-state index contributed by atoms with van der Waals surface area (Å²) in [6.45, 7) is 0.156. The largest absolute Gasteiger partial charge is 0.497 e. The fraction of sp³-hybridized carbons (Fsp3) is 0.130. The number of carbonyl (C=O) groups excluding carboxylic acids is 1. The number of halogens is 1. The molecule has 0 bridgehead atoms. The smallest absolute Gasteiger partial charge is 0.251 e. The van der Waals surface area contributed by atoms with Crippen molar-refractivity contribution in [2.24, 2.45) is 0 Å². The van der Waals surface area contributed by atoms with E-state index in [4.69, 9.17) is 20.6 Å². The van der Waals surface area contributed by atoms with Crippen molar-refractivity contribution in [3.63, 3.8) is 0 Å².